The third kappa shape index (κ3) is 2.55. The molecule has 4 heteroatoms. The number of hydrogen-bond donors (Lipinski definition) is 1. The van der Waals surface area contributed by atoms with Crippen LogP contribution in [0.1, 0.15) is 16.9 Å². The third-order valence-corrected chi connectivity index (χ3v) is 4.84. The number of nitrogens with zero attached hydrogens (tertiary/aromatic N) is 1. The van der Waals surface area contributed by atoms with Crippen LogP contribution in [0.3, 0.4) is 0 Å². The molecule has 0 aromatic carbocycles. The minimum Gasteiger partial charge on any atom is -0.393 e. The van der Waals surface area contributed by atoms with Crippen LogP contribution in [-0.4, -0.2) is 42.4 Å². The van der Waals surface area contributed by atoms with Crippen molar-refractivity contribution in [3.05, 3.63) is 21.9 Å². The molecule has 0 radical (unpaired) electrons. The molecule has 0 saturated carbocycles. The lowest BCUT2D eigenvalue weighted by molar-refractivity contribution is -0.0477. The first-order chi connectivity index (χ1) is 8.33. The van der Waals surface area contributed by atoms with E-state index < -0.39 is 0 Å². The van der Waals surface area contributed by atoms with Gasteiger partial charge >= 0.3 is 0 Å². The quantitative estimate of drug-likeness (QED) is 0.867. The number of ether oxygens (including phenoxy) is 1. The fourth-order valence-corrected chi connectivity index (χ4v) is 3.64. The number of rotatable bonds is 2. The summed E-state index contributed by atoms with van der Waals surface area (Å²) in [6.45, 7) is 4.57. The largest absolute Gasteiger partial charge is 0.393 e. The van der Waals surface area contributed by atoms with Crippen LogP contribution in [0.4, 0.5) is 0 Å². The Morgan fingerprint density at radius 3 is 3.35 bits per heavy atom. The maximum atomic E-state index is 9.95. The highest BCUT2D eigenvalue weighted by Crippen LogP contribution is 2.25. The Morgan fingerprint density at radius 2 is 2.47 bits per heavy atom. The van der Waals surface area contributed by atoms with Gasteiger partial charge in [-0.2, -0.15) is 0 Å². The van der Waals surface area contributed by atoms with E-state index in [2.05, 4.69) is 16.3 Å². The lowest BCUT2D eigenvalue weighted by Crippen LogP contribution is -2.42. The summed E-state index contributed by atoms with van der Waals surface area (Å²) in [6, 6.07) is 2.24. The maximum absolute atomic E-state index is 9.95. The van der Waals surface area contributed by atoms with Crippen LogP contribution in [0.15, 0.2) is 11.4 Å². The van der Waals surface area contributed by atoms with Crippen LogP contribution < -0.4 is 0 Å². The van der Waals surface area contributed by atoms with Crippen molar-refractivity contribution in [2.75, 3.05) is 26.3 Å². The zero-order chi connectivity index (χ0) is 11.7. The number of hydrogen-bond acceptors (Lipinski definition) is 4. The van der Waals surface area contributed by atoms with Crippen molar-refractivity contribution in [1.82, 2.24) is 4.90 Å². The molecule has 2 aliphatic rings. The van der Waals surface area contributed by atoms with E-state index in [4.69, 9.17) is 4.74 Å². The van der Waals surface area contributed by atoms with Crippen LogP contribution in [0, 0.1) is 5.92 Å². The van der Waals surface area contributed by atoms with Crippen molar-refractivity contribution in [3.8, 4) is 0 Å². The van der Waals surface area contributed by atoms with Gasteiger partial charge in [-0.15, -0.1) is 11.3 Å². The standard InChI is InChI=1S/C13H19NO2S/c15-12-2-5-16-9-11(12)8-14-4-1-13-10(7-14)3-6-17-13/h3,6,11-12,15H,1-2,4-5,7-9H2. The lowest BCUT2D eigenvalue weighted by atomic mass is 9.97. The fourth-order valence-electron chi connectivity index (χ4n) is 2.75. The van der Waals surface area contributed by atoms with E-state index >= 15 is 0 Å². The van der Waals surface area contributed by atoms with Crippen LogP contribution in [0.5, 0.6) is 0 Å². The van der Waals surface area contributed by atoms with Gasteiger partial charge in [0.15, 0.2) is 0 Å². The first kappa shape index (κ1) is 11.7. The SMILES string of the molecule is OC1CCOCC1CN1CCc2sccc2C1. The van der Waals surface area contributed by atoms with Gasteiger partial charge in [0.2, 0.25) is 0 Å². The average Bonchev–Trinajstić information content (AvgIpc) is 2.79. The van der Waals surface area contributed by atoms with E-state index in [1.54, 1.807) is 4.88 Å². The number of thiophene rings is 1. The summed E-state index contributed by atoms with van der Waals surface area (Å²) >= 11 is 1.87. The van der Waals surface area contributed by atoms with E-state index in [0.29, 0.717) is 19.1 Å². The lowest BCUT2D eigenvalue weighted by Gasteiger charge is -2.34. The van der Waals surface area contributed by atoms with Crippen LogP contribution in [0.25, 0.3) is 0 Å². The Kier molecular flexibility index (Phi) is 3.47. The minimum absolute atomic E-state index is 0.173. The minimum atomic E-state index is -0.173. The monoisotopic (exact) mass is 253 g/mol. The van der Waals surface area contributed by atoms with Gasteiger partial charge in [-0.3, -0.25) is 4.90 Å². The molecule has 0 spiro atoms. The molecular weight excluding hydrogens is 234 g/mol. The predicted molar refractivity (Wildman–Crippen MR) is 68.2 cm³/mol. The van der Waals surface area contributed by atoms with Gasteiger partial charge in [0.1, 0.15) is 0 Å². The van der Waals surface area contributed by atoms with Gasteiger partial charge in [-0.25, -0.2) is 0 Å². The first-order valence-electron chi connectivity index (χ1n) is 6.36. The Balaban J connectivity index is 1.60. The molecule has 3 heterocycles. The van der Waals surface area contributed by atoms with Gasteiger partial charge in [0.25, 0.3) is 0 Å². The Hall–Kier alpha value is -0.420. The molecule has 1 aromatic heterocycles. The number of fused-ring (bicyclic) bond motifs is 1. The van der Waals surface area contributed by atoms with Gasteiger partial charge in [-0.05, 0) is 29.9 Å². The first-order valence-corrected chi connectivity index (χ1v) is 7.24. The molecule has 0 aliphatic carbocycles. The molecule has 1 saturated heterocycles. The molecule has 1 N–H and O–H groups in total. The summed E-state index contributed by atoms with van der Waals surface area (Å²) in [6.07, 6.45) is 1.78. The molecule has 3 nitrogen and oxygen atoms in total. The second-order valence-electron chi connectivity index (χ2n) is 5.05. The number of aliphatic hydroxyl groups excluding tert-OH is 1. The fraction of sp³-hybridized carbons (Fsp3) is 0.692. The molecule has 3 rings (SSSR count). The second-order valence-corrected chi connectivity index (χ2v) is 6.05. The Labute approximate surface area is 106 Å². The van der Waals surface area contributed by atoms with Crippen molar-refractivity contribution < 1.29 is 9.84 Å². The van der Waals surface area contributed by atoms with Crippen molar-refractivity contribution in [1.29, 1.82) is 0 Å². The molecule has 94 valence electrons. The van der Waals surface area contributed by atoms with E-state index in [9.17, 15) is 5.11 Å². The van der Waals surface area contributed by atoms with E-state index in [0.717, 1.165) is 32.5 Å². The smallest absolute Gasteiger partial charge is 0.0624 e. The van der Waals surface area contributed by atoms with Crippen LogP contribution in [-0.2, 0) is 17.7 Å². The van der Waals surface area contributed by atoms with Crippen molar-refractivity contribution in [2.45, 2.75) is 25.5 Å². The highest BCUT2D eigenvalue weighted by Gasteiger charge is 2.27. The summed E-state index contributed by atoms with van der Waals surface area (Å²) in [5, 5.41) is 12.1. The molecule has 1 fully saturated rings. The highest BCUT2D eigenvalue weighted by molar-refractivity contribution is 7.10. The van der Waals surface area contributed by atoms with Crippen LogP contribution in [0.2, 0.25) is 0 Å². The molecule has 0 bridgehead atoms. The molecule has 17 heavy (non-hydrogen) atoms. The maximum Gasteiger partial charge on any atom is 0.0624 e. The topological polar surface area (TPSA) is 32.7 Å². The van der Waals surface area contributed by atoms with E-state index in [-0.39, 0.29) is 6.10 Å². The summed E-state index contributed by atoms with van der Waals surface area (Å²) in [5.41, 5.74) is 1.48. The van der Waals surface area contributed by atoms with Crippen molar-refractivity contribution in [3.63, 3.8) is 0 Å². The predicted octanol–water partition coefficient (Wildman–Crippen LogP) is 1.50. The zero-order valence-electron chi connectivity index (χ0n) is 9.97. The number of aliphatic hydroxyl groups is 1. The van der Waals surface area contributed by atoms with Crippen molar-refractivity contribution >= 4 is 11.3 Å². The summed E-state index contributed by atoms with van der Waals surface area (Å²) in [7, 11) is 0. The molecule has 2 atom stereocenters. The summed E-state index contributed by atoms with van der Waals surface area (Å²) < 4.78 is 5.46. The Morgan fingerprint density at radius 1 is 1.53 bits per heavy atom. The zero-order valence-corrected chi connectivity index (χ0v) is 10.8. The van der Waals surface area contributed by atoms with E-state index in [1.165, 1.54) is 5.56 Å². The average molecular weight is 253 g/mol. The molecule has 2 unspecified atom stereocenters. The Bertz CT molecular complexity index is 379. The molecule has 2 aliphatic heterocycles. The highest BCUT2D eigenvalue weighted by atomic mass is 32.1. The third-order valence-electron chi connectivity index (χ3n) is 3.81. The van der Waals surface area contributed by atoms with Gasteiger partial charge in [0, 0.05) is 37.0 Å². The summed E-state index contributed by atoms with van der Waals surface area (Å²) in [5.74, 6) is 0.295. The second kappa shape index (κ2) is 5.06. The van der Waals surface area contributed by atoms with Crippen LogP contribution >= 0.6 is 11.3 Å². The van der Waals surface area contributed by atoms with Gasteiger partial charge in [0.05, 0.1) is 12.7 Å². The van der Waals surface area contributed by atoms with E-state index in [1.807, 2.05) is 11.3 Å². The van der Waals surface area contributed by atoms with Gasteiger partial charge < -0.3 is 9.84 Å². The summed E-state index contributed by atoms with van der Waals surface area (Å²) in [4.78, 5) is 4.00. The molecular formula is C13H19NO2S. The van der Waals surface area contributed by atoms with Crippen molar-refractivity contribution in [2.24, 2.45) is 5.92 Å². The molecule has 0 amide bonds. The molecule has 1 aromatic rings. The van der Waals surface area contributed by atoms with Gasteiger partial charge in [-0.1, -0.05) is 0 Å². The normalized spacial score (nSPS) is 30.2.